The highest BCUT2D eigenvalue weighted by Crippen LogP contribution is 2.31. The van der Waals surface area contributed by atoms with Crippen LogP contribution in [0.3, 0.4) is 0 Å². The van der Waals surface area contributed by atoms with E-state index in [4.69, 9.17) is 18.7 Å². The smallest absolute Gasteiger partial charge is 0.277 e. The van der Waals surface area contributed by atoms with Gasteiger partial charge in [-0.1, -0.05) is 5.16 Å². The SMILES string of the molecule is Cc1noc(C2(NC(=O)C3OCCO3)CCOCC2)n1. The van der Waals surface area contributed by atoms with E-state index in [1.165, 1.54) is 0 Å². The topological polar surface area (TPSA) is 95.7 Å². The van der Waals surface area contributed by atoms with E-state index in [2.05, 4.69) is 15.5 Å². The third-order valence-corrected chi connectivity index (χ3v) is 3.48. The largest absolute Gasteiger partial charge is 0.381 e. The highest BCUT2D eigenvalue weighted by Gasteiger charge is 2.43. The van der Waals surface area contributed by atoms with E-state index in [9.17, 15) is 4.79 Å². The zero-order valence-electron chi connectivity index (χ0n) is 11.3. The maximum Gasteiger partial charge on any atom is 0.277 e. The van der Waals surface area contributed by atoms with Crippen LogP contribution in [0.4, 0.5) is 0 Å². The number of hydrogen-bond donors (Lipinski definition) is 1. The van der Waals surface area contributed by atoms with Gasteiger partial charge in [-0.25, -0.2) is 0 Å². The number of rotatable bonds is 3. The second kappa shape index (κ2) is 5.47. The predicted molar refractivity (Wildman–Crippen MR) is 64.6 cm³/mol. The molecule has 0 aliphatic carbocycles. The predicted octanol–water partition coefficient (Wildman–Crippen LogP) is -0.127. The average molecular weight is 283 g/mol. The molecule has 110 valence electrons. The molecule has 2 aliphatic rings. The monoisotopic (exact) mass is 283 g/mol. The lowest BCUT2D eigenvalue weighted by Crippen LogP contribution is -2.52. The highest BCUT2D eigenvalue weighted by molar-refractivity contribution is 5.80. The van der Waals surface area contributed by atoms with E-state index in [0.29, 0.717) is 51.0 Å². The Morgan fingerprint density at radius 1 is 1.25 bits per heavy atom. The Kier molecular flexibility index (Phi) is 3.68. The molecule has 2 saturated heterocycles. The molecule has 0 atom stereocenters. The Morgan fingerprint density at radius 2 is 1.95 bits per heavy atom. The summed E-state index contributed by atoms with van der Waals surface area (Å²) in [5.41, 5.74) is -0.702. The van der Waals surface area contributed by atoms with Gasteiger partial charge < -0.3 is 24.1 Å². The number of carbonyl (C=O) groups excluding carboxylic acids is 1. The van der Waals surface area contributed by atoms with E-state index >= 15 is 0 Å². The summed E-state index contributed by atoms with van der Waals surface area (Å²) in [6.45, 7) is 3.63. The molecule has 1 aromatic rings. The summed E-state index contributed by atoms with van der Waals surface area (Å²) >= 11 is 0. The zero-order valence-corrected chi connectivity index (χ0v) is 11.3. The molecule has 0 aromatic carbocycles. The van der Waals surface area contributed by atoms with Crippen molar-refractivity contribution in [2.24, 2.45) is 0 Å². The minimum Gasteiger partial charge on any atom is -0.381 e. The van der Waals surface area contributed by atoms with Crippen LogP contribution < -0.4 is 5.32 Å². The molecule has 3 heterocycles. The van der Waals surface area contributed by atoms with Crippen molar-refractivity contribution < 1.29 is 23.5 Å². The molecule has 0 saturated carbocycles. The van der Waals surface area contributed by atoms with Gasteiger partial charge in [0.2, 0.25) is 6.29 Å². The number of amides is 1. The Balaban J connectivity index is 1.80. The molecular formula is C12H17N3O5. The molecule has 0 spiro atoms. The summed E-state index contributed by atoms with van der Waals surface area (Å²) in [5.74, 6) is 0.624. The third-order valence-electron chi connectivity index (χ3n) is 3.48. The van der Waals surface area contributed by atoms with Crippen molar-refractivity contribution in [1.29, 1.82) is 0 Å². The van der Waals surface area contributed by atoms with Crippen molar-refractivity contribution in [3.8, 4) is 0 Å². The first-order chi connectivity index (χ1) is 9.70. The number of nitrogens with one attached hydrogen (secondary N) is 1. The van der Waals surface area contributed by atoms with Gasteiger partial charge in [-0.3, -0.25) is 4.79 Å². The van der Waals surface area contributed by atoms with Gasteiger partial charge in [0.25, 0.3) is 11.8 Å². The van der Waals surface area contributed by atoms with Crippen molar-refractivity contribution in [2.45, 2.75) is 31.6 Å². The second-order valence-electron chi connectivity index (χ2n) is 4.90. The molecule has 8 heteroatoms. The lowest BCUT2D eigenvalue weighted by Gasteiger charge is -2.35. The fourth-order valence-corrected chi connectivity index (χ4v) is 2.41. The quantitative estimate of drug-likeness (QED) is 0.825. The van der Waals surface area contributed by atoms with Gasteiger partial charge in [-0.15, -0.1) is 0 Å². The van der Waals surface area contributed by atoms with Gasteiger partial charge in [-0.2, -0.15) is 4.98 Å². The number of carbonyl (C=O) groups is 1. The van der Waals surface area contributed by atoms with E-state index in [1.54, 1.807) is 6.92 Å². The molecule has 2 aliphatic heterocycles. The van der Waals surface area contributed by atoms with Crippen LogP contribution in [0.5, 0.6) is 0 Å². The van der Waals surface area contributed by atoms with E-state index < -0.39 is 11.8 Å². The molecule has 0 bridgehead atoms. The fourth-order valence-electron chi connectivity index (χ4n) is 2.41. The summed E-state index contributed by atoms with van der Waals surface area (Å²) in [7, 11) is 0. The minimum atomic E-state index is -0.862. The normalized spacial score (nSPS) is 22.9. The van der Waals surface area contributed by atoms with Crippen molar-refractivity contribution >= 4 is 5.91 Å². The Labute approximate surface area is 115 Å². The van der Waals surface area contributed by atoms with Crippen LogP contribution in [0.1, 0.15) is 24.6 Å². The molecule has 0 radical (unpaired) electrons. The van der Waals surface area contributed by atoms with Crippen LogP contribution in [0, 0.1) is 6.92 Å². The number of hydrogen-bond acceptors (Lipinski definition) is 7. The first-order valence-corrected chi connectivity index (χ1v) is 6.63. The van der Waals surface area contributed by atoms with Crippen LogP contribution in [0.2, 0.25) is 0 Å². The maximum absolute atomic E-state index is 12.2. The molecule has 0 unspecified atom stereocenters. The summed E-state index contributed by atoms with van der Waals surface area (Å²) in [5, 5.41) is 6.74. The molecule has 1 aromatic heterocycles. The number of aryl methyl sites for hydroxylation is 1. The highest BCUT2D eigenvalue weighted by atomic mass is 16.7. The summed E-state index contributed by atoms with van der Waals surface area (Å²) in [4.78, 5) is 16.5. The molecule has 1 amide bonds. The number of nitrogens with zero attached hydrogens (tertiary/aromatic N) is 2. The second-order valence-corrected chi connectivity index (χ2v) is 4.90. The summed E-state index contributed by atoms with van der Waals surface area (Å²) in [6.07, 6.45) is 0.291. The van der Waals surface area contributed by atoms with Crippen LogP contribution in [0.15, 0.2) is 4.52 Å². The van der Waals surface area contributed by atoms with Gasteiger partial charge >= 0.3 is 0 Å². The van der Waals surface area contributed by atoms with E-state index in [1.807, 2.05) is 0 Å². The van der Waals surface area contributed by atoms with Gasteiger partial charge in [0, 0.05) is 26.1 Å². The fraction of sp³-hybridized carbons (Fsp3) is 0.750. The van der Waals surface area contributed by atoms with E-state index in [-0.39, 0.29) is 5.91 Å². The lowest BCUT2D eigenvalue weighted by atomic mass is 9.89. The summed E-state index contributed by atoms with van der Waals surface area (Å²) in [6, 6.07) is 0. The van der Waals surface area contributed by atoms with Gasteiger partial charge in [0.15, 0.2) is 5.82 Å². The molecule has 1 N–H and O–H groups in total. The summed E-state index contributed by atoms with van der Waals surface area (Å²) < 4.78 is 21.0. The first kappa shape index (κ1) is 13.5. The van der Waals surface area contributed by atoms with Crippen LogP contribution in [-0.2, 0) is 24.5 Å². The van der Waals surface area contributed by atoms with Crippen molar-refractivity contribution in [3.63, 3.8) is 0 Å². The Bertz CT molecular complexity index is 477. The number of ether oxygens (including phenoxy) is 3. The Hall–Kier alpha value is -1.51. The van der Waals surface area contributed by atoms with E-state index in [0.717, 1.165) is 0 Å². The van der Waals surface area contributed by atoms with Gasteiger partial charge in [0.1, 0.15) is 5.54 Å². The average Bonchev–Trinajstić information content (AvgIpc) is 3.10. The maximum atomic E-state index is 12.2. The lowest BCUT2D eigenvalue weighted by molar-refractivity contribution is -0.150. The van der Waals surface area contributed by atoms with Crippen molar-refractivity contribution in [3.05, 3.63) is 11.7 Å². The third kappa shape index (κ3) is 2.54. The molecule has 3 rings (SSSR count). The molecular weight excluding hydrogens is 266 g/mol. The van der Waals surface area contributed by atoms with Crippen molar-refractivity contribution in [1.82, 2.24) is 15.5 Å². The Morgan fingerprint density at radius 3 is 2.55 bits per heavy atom. The van der Waals surface area contributed by atoms with Crippen LogP contribution in [0.25, 0.3) is 0 Å². The van der Waals surface area contributed by atoms with Gasteiger partial charge in [-0.05, 0) is 6.92 Å². The first-order valence-electron chi connectivity index (χ1n) is 6.63. The van der Waals surface area contributed by atoms with Crippen LogP contribution >= 0.6 is 0 Å². The minimum absolute atomic E-state index is 0.319. The molecule has 20 heavy (non-hydrogen) atoms. The van der Waals surface area contributed by atoms with Gasteiger partial charge in [0.05, 0.1) is 13.2 Å². The van der Waals surface area contributed by atoms with Crippen molar-refractivity contribution in [2.75, 3.05) is 26.4 Å². The molecule has 8 nitrogen and oxygen atoms in total. The number of aromatic nitrogens is 2. The zero-order chi connectivity index (χ0) is 14.0. The van der Waals surface area contributed by atoms with Crippen LogP contribution in [-0.4, -0.2) is 48.8 Å². The standard InChI is InChI=1S/C12H17N3O5/c1-8-13-11(20-15-8)12(2-4-17-5-3-12)14-9(16)10-18-6-7-19-10/h10H,2-7H2,1H3,(H,14,16). The molecule has 2 fully saturated rings.